The lowest BCUT2D eigenvalue weighted by Crippen LogP contribution is -2.14. The van der Waals surface area contributed by atoms with E-state index in [0.717, 1.165) is 5.92 Å². The lowest BCUT2D eigenvalue weighted by atomic mass is 10.2. The number of methoxy groups -OCH3 is 5. The fraction of sp³-hybridized carbons (Fsp3) is 0.686. The van der Waals surface area contributed by atoms with E-state index in [9.17, 15) is 24.0 Å². The van der Waals surface area contributed by atoms with Gasteiger partial charge in [-0.1, -0.05) is 86.9 Å². The van der Waals surface area contributed by atoms with Crippen molar-refractivity contribution in [2.24, 2.45) is 17.8 Å². The lowest BCUT2D eigenvalue weighted by molar-refractivity contribution is -0.148. The first-order chi connectivity index (χ1) is 21.9. The minimum absolute atomic E-state index is 0.00463. The molecule has 0 saturated carbocycles. The van der Waals surface area contributed by atoms with Crippen LogP contribution in [0.4, 0.5) is 0 Å². The van der Waals surface area contributed by atoms with Crippen LogP contribution in [-0.4, -0.2) is 91.8 Å². The SMILES string of the molecule is CC(C)C.CCC.COC(=O)C(C)C.COC(=O)c1ccccc1.COC(C)=O.COCCOC(=O)C(C)C.COCCOC(C)=O. The second kappa shape index (κ2) is 44.6. The summed E-state index contributed by atoms with van der Waals surface area (Å²) in [4.78, 5) is 51.5. The molecule has 0 aliphatic rings. The van der Waals surface area contributed by atoms with Crippen LogP contribution in [0.1, 0.15) is 92.9 Å². The molecule has 0 N–H and O–H groups in total. The highest BCUT2D eigenvalue weighted by Gasteiger charge is 2.06. The maximum absolute atomic E-state index is 10.8. The van der Waals surface area contributed by atoms with Crippen LogP contribution >= 0.6 is 0 Å². The fourth-order valence-electron chi connectivity index (χ4n) is 1.59. The Morgan fingerprint density at radius 1 is 0.553 bits per heavy atom. The van der Waals surface area contributed by atoms with Gasteiger partial charge in [-0.15, -0.1) is 0 Å². The molecule has 0 amide bonds. The highest BCUT2D eigenvalue weighted by atomic mass is 16.6. The maximum Gasteiger partial charge on any atom is 0.337 e. The van der Waals surface area contributed by atoms with Crippen LogP contribution in [0, 0.1) is 17.8 Å². The molecule has 278 valence electrons. The first-order valence-electron chi connectivity index (χ1n) is 15.4. The van der Waals surface area contributed by atoms with Gasteiger partial charge in [-0.25, -0.2) is 4.79 Å². The number of carbonyl (C=O) groups is 5. The fourth-order valence-corrected chi connectivity index (χ4v) is 1.59. The molecule has 1 aromatic carbocycles. The number of ether oxygens (including phenoxy) is 7. The summed E-state index contributed by atoms with van der Waals surface area (Å²) in [6.07, 6.45) is 1.25. The highest BCUT2D eigenvalue weighted by molar-refractivity contribution is 5.89. The number of hydrogen-bond donors (Lipinski definition) is 0. The molecule has 47 heavy (non-hydrogen) atoms. The van der Waals surface area contributed by atoms with E-state index in [4.69, 9.17) is 9.47 Å². The summed E-state index contributed by atoms with van der Waals surface area (Å²) in [5, 5.41) is 0. The quantitative estimate of drug-likeness (QED) is 0.158. The van der Waals surface area contributed by atoms with Gasteiger partial charge >= 0.3 is 29.8 Å². The van der Waals surface area contributed by atoms with Crippen molar-refractivity contribution < 1.29 is 57.1 Å². The normalized spacial score (nSPS) is 8.74. The van der Waals surface area contributed by atoms with Gasteiger partial charge in [0.05, 0.1) is 51.9 Å². The molecule has 12 nitrogen and oxygen atoms in total. The van der Waals surface area contributed by atoms with Crippen LogP contribution < -0.4 is 0 Å². The van der Waals surface area contributed by atoms with Gasteiger partial charge in [0.2, 0.25) is 0 Å². The molecule has 0 aliphatic heterocycles. The summed E-state index contributed by atoms with van der Waals surface area (Å²) >= 11 is 0. The largest absolute Gasteiger partial charge is 0.469 e. The minimum Gasteiger partial charge on any atom is -0.469 e. The molecule has 0 radical (unpaired) electrons. The van der Waals surface area contributed by atoms with Crippen molar-refractivity contribution in [2.75, 3.05) is 62.0 Å². The van der Waals surface area contributed by atoms with Crippen LogP contribution in [0.5, 0.6) is 0 Å². The number of rotatable bonds is 9. The molecule has 1 aromatic rings. The summed E-state index contributed by atoms with van der Waals surface area (Å²) in [6.45, 7) is 22.3. The van der Waals surface area contributed by atoms with Crippen molar-refractivity contribution in [3.63, 3.8) is 0 Å². The molecule has 0 bridgehead atoms. The molecular weight excluding hydrogens is 612 g/mol. The number of hydrogen-bond acceptors (Lipinski definition) is 12. The van der Waals surface area contributed by atoms with Crippen LogP contribution in [0.2, 0.25) is 0 Å². The molecule has 0 fully saturated rings. The highest BCUT2D eigenvalue weighted by Crippen LogP contribution is 1.99. The summed E-state index contributed by atoms with van der Waals surface area (Å²) in [7, 11) is 7.24. The van der Waals surface area contributed by atoms with E-state index in [0.29, 0.717) is 32.0 Å². The Morgan fingerprint density at radius 3 is 1.15 bits per heavy atom. The Hall–Kier alpha value is -3.51. The van der Waals surface area contributed by atoms with Crippen LogP contribution in [0.15, 0.2) is 30.3 Å². The molecule has 12 heteroatoms. The number of carbonyl (C=O) groups excluding carboxylic acids is 5. The Bertz CT molecular complexity index is 835. The van der Waals surface area contributed by atoms with E-state index in [1.807, 2.05) is 6.07 Å². The van der Waals surface area contributed by atoms with Gasteiger partial charge in [0, 0.05) is 28.1 Å². The van der Waals surface area contributed by atoms with Gasteiger partial charge in [0.1, 0.15) is 13.2 Å². The van der Waals surface area contributed by atoms with Crippen LogP contribution in [0.3, 0.4) is 0 Å². The average Bonchev–Trinajstić information content (AvgIpc) is 3.02. The summed E-state index contributed by atoms with van der Waals surface area (Å²) < 4.78 is 31.6. The third-order valence-corrected chi connectivity index (χ3v) is 3.75. The summed E-state index contributed by atoms with van der Waals surface area (Å²) in [6, 6.07) is 8.88. The molecule has 0 atom stereocenters. The topological polar surface area (TPSA) is 150 Å². The monoisotopic (exact) mass is 678 g/mol. The van der Waals surface area contributed by atoms with Gasteiger partial charge in [-0.05, 0) is 18.1 Å². The molecule has 0 heterocycles. The van der Waals surface area contributed by atoms with Crippen molar-refractivity contribution >= 4 is 29.8 Å². The molecule has 0 spiro atoms. The maximum atomic E-state index is 10.8. The van der Waals surface area contributed by atoms with Crippen molar-refractivity contribution in [3.05, 3.63) is 35.9 Å². The summed E-state index contributed by atoms with van der Waals surface area (Å²) in [5.41, 5.74) is 0.588. The first-order valence-corrected chi connectivity index (χ1v) is 15.4. The van der Waals surface area contributed by atoms with E-state index in [-0.39, 0.29) is 41.7 Å². The third kappa shape index (κ3) is 66.0. The van der Waals surface area contributed by atoms with Crippen molar-refractivity contribution in [3.8, 4) is 0 Å². The van der Waals surface area contributed by atoms with E-state index in [1.165, 1.54) is 41.6 Å². The standard InChI is InChI=1S/C8H8O2.C7H14O3.C5H10O3.C5H10O2.C4H10.C3H6O2.C3H8/c1-10-8(9)7-5-3-2-4-6-7;1-6(2)7(8)10-5-4-9-3;1-5(6)8-4-3-7-2;1-4(2)5(6)7-3;1-4(2)3;1-3(4)5-2;1-3-2/h2-6H,1H3;6H,4-5H2,1-3H3;3-4H2,1-2H3;4H,1-3H3;4H,1-3H3;1-2H3;3H2,1-2H3. The van der Waals surface area contributed by atoms with Gasteiger partial charge in [-0.2, -0.15) is 0 Å². The minimum atomic E-state index is -0.291. The predicted molar refractivity (Wildman–Crippen MR) is 185 cm³/mol. The zero-order valence-corrected chi connectivity index (χ0v) is 32.1. The van der Waals surface area contributed by atoms with Gasteiger partial charge in [-0.3, -0.25) is 19.2 Å². The van der Waals surface area contributed by atoms with Gasteiger partial charge < -0.3 is 33.2 Å². The van der Waals surface area contributed by atoms with E-state index in [1.54, 1.807) is 66.2 Å². The smallest absolute Gasteiger partial charge is 0.337 e. The first kappa shape index (κ1) is 55.9. The van der Waals surface area contributed by atoms with Crippen LogP contribution in [0.25, 0.3) is 0 Å². The Labute approximate surface area is 285 Å². The third-order valence-electron chi connectivity index (χ3n) is 3.75. The molecule has 0 aromatic heterocycles. The zero-order chi connectivity index (χ0) is 38.2. The van der Waals surface area contributed by atoms with E-state index in [2.05, 4.69) is 58.3 Å². The van der Waals surface area contributed by atoms with E-state index >= 15 is 0 Å². The van der Waals surface area contributed by atoms with Crippen molar-refractivity contribution in [2.45, 2.75) is 82.6 Å². The number of esters is 5. The molecule has 0 aliphatic carbocycles. The molecule has 0 saturated heterocycles. The number of benzene rings is 1. The second-order valence-corrected chi connectivity index (χ2v) is 10.3. The zero-order valence-electron chi connectivity index (χ0n) is 32.1. The van der Waals surface area contributed by atoms with Crippen LogP contribution in [-0.2, 0) is 52.3 Å². The molecule has 1 rings (SSSR count). The Balaban J connectivity index is -0.000000108. The second-order valence-electron chi connectivity index (χ2n) is 10.3. The molecular formula is C35H66O12. The Kier molecular flexibility index (Phi) is 53.0. The molecule has 0 unspecified atom stereocenters. The average molecular weight is 679 g/mol. The van der Waals surface area contributed by atoms with Crippen molar-refractivity contribution in [1.29, 1.82) is 0 Å². The van der Waals surface area contributed by atoms with Gasteiger partial charge in [0.15, 0.2) is 0 Å². The van der Waals surface area contributed by atoms with E-state index < -0.39 is 0 Å². The van der Waals surface area contributed by atoms with Gasteiger partial charge in [0.25, 0.3) is 0 Å². The summed E-state index contributed by atoms with van der Waals surface area (Å²) in [5.74, 6) is -0.327. The lowest BCUT2D eigenvalue weighted by Gasteiger charge is -2.05. The Morgan fingerprint density at radius 2 is 0.915 bits per heavy atom. The van der Waals surface area contributed by atoms with Crippen molar-refractivity contribution in [1.82, 2.24) is 0 Å². The predicted octanol–water partition coefficient (Wildman–Crippen LogP) is 6.57.